The molecule has 0 aliphatic heterocycles. The number of carbonyl (C=O) groups is 1. The highest BCUT2D eigenvalue weighted by Gasteiger charge is 2.26. The van der Waals surface area contributed by atoms with Crippen molar-refractivity contribution in [3.05, 3.63) is 87.3 Å². The van der Waals surface area contributed by atoms with E-state index in [2.05, 4.69) is 17.7 Å². The quantitative estimate of drug-likeness (QED) is 0.456. The molecule has 0 amide bonds. The number of aromatic nitrogens is 3. The van der Waals surface area contributed by atoms with Gasteiger partial charge in [-0.2, -0.15) is 0 Å². The van der Waals surface area contributed by atoms with E-state index in [1.165, 1.54) is 4.68 Å². The zero-order valence-electron chi connectivity index (χ0n) is 18.5. The Hall–Kier alpha value is -2.92. The average Bonchev–Trinajstić information content (AvgIpc) is 2.97. The van der Waals surface area contributed by atoms with Crippen molar-refractivity contribution in [2.75, 3.05) is 0 Å². The molecule has 0 fully saturated rings. The zero-order chi connectivity index (χ0) is 22.8. The summed E-state index contributed by atoms with van der Waals surface area (Å²) in [4.78, 5) is 25.9. The second-order valence-corrected chi connectivity index (χ2v) is 9.22. The Bertz CT molecular complexity index is 1170. The topological polar surface area (TPSA) is 56.9 Å². The maximum Gasteiger partial charge on any atom is 0.346 e. The number of ketones is 1. The van der Waals surface area contributed by atoms with Crippen LogP contribution >= 0.6 is 11.6 Å². The third kappa shape index (κ3) is 5.42. The summed E-state index contributed by atoms with van der Waals surface area (Å²) in [6.07, 6.45) is 0.312. The number of allylic oxidation sites excluding steroid dienone is 1. The molecule has 0 saturated carbocycles. The third-order valence-electron chi connectivity index (χ3n) is 5.22. The van der Waals surface area contributed by atoms with Gasteiger partial charge in [0.1, 0.15) is 6.54 Å². The minimum Gasteiger partial charge on any atom is -0.298 e. The van der Waals surface area contributed by atoms with Crippen molar-refractivity contribution >= 4 is 17.4 Å². The van der Waals surface area contributed by atoms with Gasteiger partial charge in [-0.1, -0.05) is 67.4 Å². The van der Waals surface area contributed by atoms with Crippen molar-refractivity contribution < 1.29 is 4.79 Å². The standard InChI is InChI=1S/C25H28ClN3O2/c1-17(2)15-28-23(19-9-11-21(26)12-10-19)27-29(24(28)31)16-22(30)14-25(4,5)20-8-6-7-18(3)13-20/h6-13H,1,14-16H2,2-5H3. The maximum absolute atomic E-state index is 13.0. The van der Waals surface area contributed by atoms with Crippen LogP contribution in [0.2, 0.25) is 5.02 Å². The summed E-state index contributed by atoms with van der Waals surface area (Å²) in [5, 5.41) is 5.08. The van der Waals surface area contributed by atoms with Crippen molar-refractivity contribution in [3.63, 3.8) is 0 Å². The lowest BCUT2D eigenvalue weighted by molar-refractivity contribution is -0.120. The molecular weight excluding hydrogens is 410 g/mol. The molecule has 31 heavy (non-hydrogen) atoms. The zero-order valence-corrected chi connectivity index (χ0v) is 19.2. The number of nitrogens with zero attached hydrogens (tertiary/aromatic N) is 3. The van der Waals surface area contributed by atoms with Crippen LogP contribution in [-0.2, 0) is 23.3 Å². The summed E-state index contributed by atoms with van der Waals surface area (Å²) in [5.74, 6) is 0.451. The fraction of sp³-hybridized carbons (Fsp3) is 0.320. The molecular formula is C25H28ClN3O2. The number of benzene rings is 2. The molecule has 1 heterocycles. The highest BCUT2D eigenvalue weighted by molar-refractivity contribution is 6.30. The van der Waals surface area contributed by atoms with Crippen LogP contribution in [0.5, 0.6) is 0 Å². The molecule has 0 aliphatic carbocycles. The van der Waals surface area contributed by atoms with Gasteiger partial charge in [0, 0.05) is 23.6 Å². The summed E-state index contributed by atoms with van der Waals surface area (Å²) in [6, 6.07) is 15.3. The first-order valence-electron chi connectivity index (χ1n) is 10.2. The van der Waals surface area contributed by atoms with E-state index in [0.717, 1.165) is 22.3 Å². The fourth-order valence-corrected chi connectivity index (χ4v) is 3.78. The molecule has 0 N–H and O–H groups in total. The molecule has 0 saturated heterocycles. The maximum atomic E-state index is 13.0. The lowest BCUT2D eigenvalue weighted by atomic mass is 9.79. The van der Waals surface area contributed by atoms with Gasteiger partial charge in [0.15, 0.2) is 11.6 Å². The highest BCUT2D eigenvalue weighted by atomic mass is 35.5. The summed E-state index contributed by atoms with van der Waals surface area (Å²) in [5.41, 5.74) is 3.17. The van der Waals surface area contributed by atoms with Gasteiger partial charge in [0.2, 0.25) is 0 Å². The SMILES string of the molecule is C=C(C)Cn1c(-c2ccc(Cl)cc2)nn(CC(=O)CC(C)(C)c2cccc(C)c2)c1=O. The van der Waals surface area contributed by atoms with E-state index in [-0.39, 0.29) is 23.4 Å². The van der Waals surface area contributed by atoms with E-state index in [4.69, 9.17) is 11.6 Å². The molecule has 0 atom stereocenters. The number of carbonyl (C=O) groups excluding carboxylic acids is 1. The molecule has 0 spiro atoms. The molecule has 2 aromatic carbocycles. The van der Waals surface area contributed by atoms with Gasteiger partial charge in [0.05, 0.1) is 0 Å². The Labute approximate surface area is 188 Å². The molecule has 162 valence electrons. The molecule has 0 radical (unpaired) electrons. The highest BCUT2D eigenvalue weighted by Crippen LogP contribution is 2.28. The van der Waals surface area contributed by atoms with Crippen molar-refractivity contribution in [2.45, 2.75) is 52.6 Å². The van der Waals surface area contributed by atoms with Crippen molar-refractivity contribution in [2.24, 2.45) is 0 Å². The van der Waals surface area contributed by atoms with E-state index < -0.39 is 0 Å². The lowest BCUT2D eigenvalue weighted by Gasteiger charge is -2.24. The molecule has 3 aromatic rings. The largest absolute Gasteiger partial charge is 0.346 e. The lowest BCUT2D eigenvalue weighted by Crippen LogP contribution is -2.30. The molecule has 0 bridgehead atoms. The van der Waals surface area contributed by atoms with Crippen LogP contribution in [-0.4, -0.2) is 20.1 Å². The van der Waals surface area contributed by atoms with Crippen LogP contribution in [0, 0.1) is 6.92 Å². The Morgan fingerprint density at radius 3 is 2.42 bits per heavy atom. The van der Waals surface area contributed by atoms with Crippen molar-refractivity contribution in [1.82, 2.24) is 14.3 Å². The summed E-state index contributed by atoms with van der Waals surface area (Å²) in [6.45, 7) is 12.1. The van der Waals surface area contributed by atoms with Crippen LogP contribution in [0.3, 0.4) is 0 Å². The predicted octanol–water partition coefficient (Wildman–Crippen LogP) is 5.19. The second-order valence-electron chi connectivity index (χ2n) is 8.78. The van der Waals surface area contributed by atoms with Crippen LogP contribution in [0.4, 0.5) is 0 Å². The van der Waals surface area contributed by atoms with Crippen LogP contribution < -0.4 is 5.69 Å². The number of hydrogen-bond donors (Lipinski definition) is 0. The van der Waals surface area contributed by atoms with E-state index in [9.17, 15) is 9.59 Å². The monoisotopic (exact) mass is 437 g/mol. The second kappa shape index (κ2) is 9.06. The van der Waals surface area contributed by atoms with Gasteiger partial charge in [-0.15, -0.1) is 5.10 Å². The Morgan fingerprint density at radius 2 is 1.81 bits per heavy atom. The van der Waals surface area contributed by atoms with Crippen LogP contribution in [0.25, 0.3) is 11.4 Å². The molecule has 3 rings (SSSR count). The number of hydrogen-bond acceptors (Lipinski definition) is 3. The first kappa shape index (κ1) is 22.8. The van der Waals surface area contributed by atoms with Gasteiger partial charge in [-0.3, -0.25) is 9.36 Å². The first-order chi connectivity index (χ1) is 14.6. The van der Waals surface area contributed by atoms with Gasteiger partial charge >= 0.3 is 5.69 Å². The molecule has 1 aromatic heterocycles. The average molecular weight is 438 g/mol. The minimum atomic E-state index is -0.341. The molecule has 5 nitrogen and oxygen atoms in total. The minimum absolute atomic E-state index is 0.0452. The summed E-state index contributed by atoms with van der Waals surface area (Å²) >= 11 is 6.00. The van der Waals surface area contributed by atoms with E-state index >= 15 is 0 Å². The van der Waals surface area contributed by atoms with Gasteiger partial charge in [0.25, 0.3) is 0 Å². The normalized spacial score (nSPS) is 11.5. The predicted molar refractivity (Wildman–Crippen MR) is 126 cm³/mol. The van der Waals surface area contributed by atoms with E-state index in [1.807, 2.05) is 58.0 Å². The number of Topliss-reactive ketones (excluding diaryl/α,β-unsaturated/α-hetero) is 1. The fourth-order valence-electron chi connectivity index (χ4n) is 3.65. The summed E-state index contributed by atoms with van der Waals surface area (Å²) < 4.78 is 2.80. The first-order valence-corrected chi connectivity index (χ1v) is 10.6. The van der Waals surface area contributed by atoms with E-state index in [0.29, 0.717) is 23.8 Å². The van der Waals surface area contributed by atoms with Crippen molar-refractivity contribution in [1.29, 1.82) is 0 Å². The van der Waals surface area contributed by atoms with Gasteiger partial charge < -0.3 is 0 Å². The van der Waals surface area contributed by atoms with Crippen LogP contribution in [0.15, 0.2) is 65.5 Å². The molecule has 0 unspecified atom stereocenters. The Morgan fingerprint density at radius 1 is 1.13 bits per heavy atom. The molecule has 6 heteroatoms. The smallest absolute Gasteiger partial charge is 0.298 e. The Kier molecular flexibility index (Phi) is 6.65. The Balaban J connectivity index is 1.88. The van der Waals surface area contributed by atoms with Gasteiger partial charge in [-0.05, 0) is 49.1 Å². The van der Waals surface area contributed by atoms with E-state index in [1.54, 1.807) is 16.7 Å². The summed E-state index contributed by atoms with van der Waals surface area (Å²) in [7, 11) is 0. The van der Waals surface area contributed by atoms with Gasteiger partial charge in [-0.25, -0.2) is 9.48 Å². The number of aryl methyl sites for hydroxylation is 1. The molecule has 0 aliphatic rings. The number of halogens is 1. The number of rotatable bonds is 8. The van der Waals surface area contributed by atoms with Crippen molar-refractivity contribution in [3.8, 4) is 11.4 Å². The third-order valence-corrected chi connectivity index (χ3v) is 5.47. The van der Waals surface area contributed by atoms with Crippen LogP contribution in [0.1, 0.15) is 38.3 Å².